The highest BCUT2D eigenvalue weighted by Crippen LogP contribution is 2.36. The monoisotopic (exact) mass is 370 g/mol. The Morgan fingerprint density at radius 3 is 2.37 bits per heavy atom. The number of amides is 1. The Balaban J connectivity index is 1.45. The van der Waals surface area contributed by atoms with Gasteiger partial charge in [-0.25, -0.2) is 15.0 Å². The fraction of sp³-hybridized carbons (Fsp3) is 0.579. The van der Waals surface area contributed by atoms with Gasteiger partial charge in [0.1, 0.15) is 24.2 Å². The summed E-state index contributed by atoms with van der Waals surface area (Å²) in [5.41, 5.74) is 0.399. The molecule has 1 saturated carbocycles. The molecule has 1 aliphatic carbocycles. The van der Waals surface area contributed by atoms with Crippen molar-refractivity contribution in [3.63, 3.8) is 0 Å². The summed E-state index contributed by atoms with van der Waals surface area (Å²) in [6, 6.07) is 3.01. The average molecular weight is 370 g/mol. The van der Waals surface area contributed by atoms with Gasteiger partial charge in [-0.2, -0.15) is 0 Å². The summed E-state index contributed by atoms with van der Waals surface area (Å²) in [5.74, 6) is 2.39. The lowest BCUT2D eigenvalue weighted by Gasteiger charge is -2.39. The summed E-state index contributed by atoms with van der Waals surface area (Å²) in [4.78, 5) is 32.0. The number of piperidine rings is 1. The molecule has 0 atom stereocenters. The number of carbonyl (C=O) groups is 1. The van der Waals surface area contributed by atoms with Gasteiger partial charge in [-0.1, -0.05) is 0 Å². The second-order valence-corrected chi connectivity index (χ2v) is 7.54. The van der Waals surface area contributed by atoms with Crippen LogP contribution in [0.5, 0.6) is 0 Å². The molecule has 8 nitrogen and oxygen atoms in total. The van der Waals surface area contributed by atoms with E-state index in [9.17, 15) is 4.79 Å². The summed E-state index contributed by atoms with van der Waals surface area (Å²) in [6.45, 7) is 3.20. The molecule has 0 aromatic carbocycles. The first-order chi connectivity index (χ1) is 13.0. The van der Waals surface area contributed by atoms with Crippen LogP contribution in [-0.4, -0.2) is 65.0 Å². The number of hydrogen-bond donors (Lipinski definition) is 0. The number of rotatable bonds is 5. The Morgan fingerprint density at radius 2 is 1.78 bits per heavy atom. The first-order valence-electron chi connectivity index (χ1n) is 9.52. The molecule has 2 fully saturated rings. The first-order valence-corrected chi connectivity index (χ1v) is 9.52. The predicted octanol–water partition coefficient (Wildman–Crippen LogP) is 2.11. The van der Waals surface area contributed by atoms with Crippen LogP contribution in [-0.2, 0) is 0 Å². The molecular formula is C19H26N6O2. The highest BCUT2D eigenvalue weighted by molar-refractivity contribution is 5.92. The van der Waals surface area contributed by atoms with Crippen molar-refractivity contribution in [3.8, 4) is 0 Å². The second-order valence-electron chi connectivity index (χ2n) is 7.54. The number of nitrogens with zero attached hydrogens (tertiary/aromatic N) is 6. The van der Waals surface area contributed by atoms with Crippen LogP contribution in [0.2, 0.25) is 0 Å². The molecule has 2 aliphatic rings. The van der Waals surface area contributed by atoms with E-state index in [0.717, 1.165) is 37.6 Å². The molecule has 4 rings (SSSR count). The average Bonchev–Trinajstić information content (AvgIpc) is 3.41. The van der Waals surface area contributed by atoms with Crippen LogP contribution >= 0.6 is 0 Å². The summed E-state index contributed by atoms with van der Waals surface area (Å²) >= 11 is 0. The predicted molar refractivity (Wildman–Crippen MR) is 102 cm³/mol. The smallest absolute Gasteiger partial charge is 0.275 e. The third-order valence-corrected chi connectivity index (χ3v) is 5.28. The molecule has 0 unspecified atom stereocenters. The molecule has 8 heteroatoms. The minimum Gasteiger partial charge on any atom is -0.448 e. The van der Waals surface area contributed by atoms with E-state index in [0.29, 0.717) is 23.7 Å². The quantitative estimate of drug-likeness (QED) is 0.797. The zero-order chi connectivity index (χ0) is 19.0. The highest BCUT2D eigenvalue weighted by Gasteiger charge is 2.37. The molecule has 1 saturated heterocycles. The minimum absolute atomic E-state index is 0.0415. The van der Waals surface area contributed by atoms with E-state index < -0.39 is 0 Å². The molecule has 3 heterocycles. The van der Waals surface area contributed by atoms with Gasteiger partial charge in [0.05, 0.1) is 0 Å². The van der Waals surface area contributed by atoms with Gasteiger partial charge in [0, 0.05) is 52.3 Å². The lowest BCUT2D eigenvalue weighted by molar-refractivity contribution is 0.0706. The number of hydrogen-bond acceptors (Lipinski definition) is 7. The summed E-state index contributed by atoms with van der Waals surface area (Å²) in [6.07, 6.45) is 7.37. The van der Waals surface area contributed by atoms with E-state index in [1.54, 1.807) is 13.3 Å². The number of anilines is 2. The molecular weight excluding hydrogens is 344 g/mol. The Morgan fingerprint density at radius 1 is 1.11 bits per heavy atom. The summed E-state index contributed by atoms with van der Waals surface area (Å²) in [5, 5.41) is 0. The maximum Gasteiger partial charge on any atom is 0.275 e. The number of carbonyl (C=O) groups excluding carboxylic acids is 1. The van der Waals surface area contributed by atoms with Crippen LogP contribution in [0, 0.1) is 6.92 Å². The molecule has 0 radical (unpaired) electrons. The lowest BCUT2D eigenvalue weighted by atomic mass is 10.0. The Kier molecular flexibility index (Phi) is 4.72. The minimum atomic E-state index is -0.0415. The van der Waals surface area contributed by atoms with E-state index in [1.807, 2.05) is 23.9 Å². The molecule has 27 heavy (non-hydrogen) atoms. The standard InChI is InChI=1S/C19H26N6O2/c1-13-22-16(11-27-13)19(26)24-8-6-15(7-9-24)25(14-4-5-14)18-10-17(23(2)3)20-12-21-18/h10-12,14-15H,4-9H2,1-3H3. The molecule has 2 aromatic rings. The Labute approximate surface area is 159 Å². The Hall–Kier alpha value is -2.64. The first kappa shape index (κ1) is 17.8. The molecule has 0 bridgehead atoms. The van der Waals surface area contributed by atoms with Gasteiger partial charge in [-0.15, -0.1) is 0 Å². The van der Waals surface area contributed by atoms with Crippen molar-refractivity contribution < 1.29 is 9.21 Å². The van der Waals surface area contributed by atoms with Crippen molar-refractivity contribution in [2.75, 3.05) is 37.0 Å². The molecule has 2 aromatic heterocycles. The van der Waals surface area contributed by atoms with Crippen LogP contribution < -0.4 is 9.80 Å². The van der Waals surface area contributed by atoms with Gasteiger partial charge in [-0.3, -0.25) is 4.79 Å². The van der Waals surface area contributed by atoms with Crippen LogP contribution in [0.25, 0.3) is 0 Å². The maximum atomic E-state index is 12.6. The number of oxazole rings is 1. The van der Waals surface area contributed by atoms with Gasteiger partial charge >= 0.3 is 0 Å². The van der Waals surface area contributed by atoms with Crippen molar-refractivity contribution in [2.24, 2.45) is 0 Å². The van der Waals surface area contributed by atoms with Crippen LogP contribution in [0.1, 0.15) is 42.1 Å². The van der Waals surface area contributed by atoms with Gasteiger partial charge in [0.25, 0.3) is 5.91 Å². The van der Waals surface area contributed by atoms with Gasteiger partial charge < -0.3 is 19.1 Å². The van der Waals surface area contributed by atoms with Gasteiger partial charge in [-0.05, 0) is 25.7 Å². The summed E-state index contributed by atoms with van der Waals surface area (Å²) < 4.78 is 5.18. The third-order valence-electron chi connectivity index (χ3n) is 5.28. The fourth-order valence-electron chi connectivity index (χ4n) is 3.72. The SMILES string of the molecule is Cc1nc(C(=O)N2CCC(N(c3cc(N(C)C)ncn3)C3CC3)CC2)co1. The fourth-order valence-corrected chi connectivity index (χ4v) is 3.72. The molecule has 1 amide bonds. The summed E-state index contributed by atoms with van der Waals surface area (Å²) in [7, 11) is 3.98. The molecule has 0 N–H and O–H groups in total. The van der Waals surface area contributed by atoms with Gasteiger partial charge in [0.2, 0.25) is 0 Å². The van der Waals surface area contributed by atoms with E-state index >= 15 is 0 Å². The lowest BCUT2D eigenvalue weighted by Crippen LogP contribution is -2.48. The largest absolute Gasteiger partial charge is 0.448 e. The zero-order valence-corrected chi connectivity index (χ0v) is 16.1. The number of aryl methyl sites for hydroxylation is 1. The zero-order valence-electron chi connectivity index (χ0n) is 16.1. The van der Waals surface area contributed by atoms with Crippen molar-refractivity contribution in [1.29, 1.82) is 0 Å². The molecule has 0 spiro atoms. The van der Waals surface area contributed by atoms with Crippen molar-refractivity contribution in [3.05, 3.63) is 30.2 Å². The number of aromatic nitrogens is 3. The molecule has 1 aliphatic heterocycles. The van der Waals surface area contributed by atoms with Crippen molar-refractivity contribution in [2.45, 2.75) is 44.7 Å². The van der Waals surface area contributed by atoms with Crippen molar-refractivity contribution >= 4 is 17.5 Å². The second kappa shape index (κ2) is 7.17. The maximum absolute atomic E-state index is 12.6. The van der Waals surface area contributed by atoms with Crippen molar-refractivity contribution in [1.82, 2.24) is 19.9 Å². The van der Waals surface area contributed by atoms with Crippen LogP contribution in [0.3, 0.4) is 0 Å². The van der Waals surface area contributed by atoms with E-state index in [4.69, 9.17) is 4.42 Å². The van der Waals surface area contributed by atoms with Gasteiger partial charge in [0.15, 0.2) is 11.6 Å². The van der Waals surface area contributed by atoms with E-state index in [-0.39, 0.29) is 5.91 Å². The topological polar surface area (TPSA) is 78.6 Å². The van der Waals surface area contributed by atoms with Crippen LogP contribution in [0.15, 0.2) is 23.1 Å². The number of likely N-dealkylation sites (tertiary alicyclic amines) is 1. The van der Waals surface area contributed by atoms with Crippen LogP contribution in [0.4, 0.5) is 11.6 Å². The third kappa shape index (κ3) is 3.74. The van der Waals surface area contributed by atoms with E-state index in [2.05, 4.69) is 25.9 Å². The normalized spacial score (nSPS) is 17.8. The Bertz CT molecular complexity index is 808. The highest BCUT2D eigenvalue weighted by atomic mass is 16.3. The van der Waals surface area contributed by atoms with E-state index in [1.165, 1.54) is 19.1 Å². The molecule has 144 valence electrons.